The van der Waals surface area contributed by atoms with Crippen LogP contribution in [-0.2, 0) is 20.4 Å². The zero-order valence-electron chi connectivity index (χ0n) is 10.7. The lowest BCUT2D eigenvalue weighted by atomic mass is 10.1. The highest BCUT2D eigenvalue weighted by Gasteiger charge is 2.31. The summed E-state index contributed by atoms with van der Waals surface area (Å²) in [6.07, 6.45) is -5.39. The molecule has 1 aliphatic rings. The Balaban J connectivity index is 2.16. The number of rotatable bonds is 2. The van der Waals surface area contributed by atoms with Gasteiger partial charge in [0, 0.05) is 0 Å². The summed E-state index contributed by atoms with van der Waals surface area (Å²) >= 11 is 0. The first-order valence-corrected chi connectivity index (χ1v) is 6.03. The van der Waals surface area contributed by atoms with Crippen LogP contribution in [0.25, 0.3) is 0 Å². The van der Waals surface area contributed by atoms with Gasteiger partial charge in [-0.1, -0.05) is 0 Å². The maximum absolute atomic E-state index is 12.6. The maximum atomic E-state index is 12.6. The molecule has 5 nitrogen and oxygen atoms in total. The first-order valence-electron chi connectivity index (χ1n) is 6.03. The number of halogens is 3. The van der Waals surface area contributed by atoms with E-state index in [0.29, 0.717) is 12.7 Å². The van der Waals surface area contributed by atoms with E-state index in [9.17, 15) is 18.0 Å². The summed E-state index contributed by atoms with van der Waals surface area (Å²) < 4.78 is 47.9. The number of nitriles is 1. The Hall–Kier alpha value is -2.11. The Kier molecular flexibility index (Phi) is 4.45. The van der Waals surface area contributed by atoms with E-state index in [1.165, 1.54) is 0 Å². The molecule has 1 aromatic rings. The van der Waals surface area contributed by atoms with Crippen molar-refractivity contribution < 1.29 is 27.4 Å². The number of amides is 1. The van der Waals surface area contributed by atoms with Crippen molar-refractivity contribution in [2.75, 3.05) is 25.1 Å². The van der Waals surface area contributed by atoms with Gasteiger partial charge in [-0.05, 0) is 18.2 Å². The van der Waals surface area contributed by atoms with E-state index in [4.69, 9.17) is 14.7 Å². The minimum Gasteiger partial charge on any atom is -0.376 e. The molecule has 0 aromatic heterocycles. The van der Waals surface area contributed by atoms with Crippen LogP contribution in [0, 0.1) is 11.3 Å². The number of carbonyl (C=O) groups is 1. The topological polar surface area (TPSA) is 71.4 Å². The van der Waals surface area contributed by atoms with Crippen LogP contribution in [0.4, 0.5) is 18.9 Å². The molecule has 2 rings (SSSR count). The molecule has 112 valence electrons. The number of nitrogens with one attached hydrogen (secondary N) is 1. The van der Waals surface area contributed by atoms with E-state index in [1.54, 1.807) is 6.07 Å². The molecular weight excluding hydrogens is 289 g/mol. The SMILES string of the molecule is N#Cc1cc(C(F)(F)F)ccc1NC(=O)C1COCCO1. The minimum absolute atomic E-state index is 0.00433. The Morgan fingerprint density at radius 1 is 1.38 bits per heavy atom. The van der Waals surface area contributed by atoms with Crippen molar-refractivity contribution in [3.63, 3.8) is 0 Å². The highest BCUT2D eigenvalue weighted by molar-refractivity contribution is 5.95. The van der Waals surface area contributed by atoms with Gasteiger partial charge in [0.15, 0.2) is 6.10 Å². The number of ether oxygens (including phenoxy) is 2. The summed E-state index contributed by atoms with van der Waals surface area (Å²) in [7, 11) is 0. The lowest BCUT2D eigenvalue weighted by molar-refractivity contribution is -0.142. The molecule has 0 saturated carbocycles. The van der Waals surface area contributed by atoms with Crippen LogP contribution in [0.5, 0.6) is 0 Å². The highest BCUT2D eigenvalue weighted by Crippen LogP contribution is 2.31. The van der Waals surface area contributed by atoms with Gasteiger partial charge in [-0.15, -0.1) is 0 Å². The van der Waals surface area contributed by atoms with Gasteiger partial charge >= 0.3 is 6.18 Å². The van der Waals surface area contributed by atoms with Crippen LogP contribution in [0.3, 0.4) is 0 Å². The van der Waals surface area contributed by atoms with Crippen LogP contribution >= 0.6 is 0 Å². The molecule has 21 heavy (non-hydrogen) atoms. The molecule has 1 atom stereocenters. The fourth-order valence-electron chi connectivity index (χ4n) is 1.77. The molecule has 1 heterocycles. The number of hydrogen-bond acceptors (Lipinski definition) is 4. The van der Waals surface area contributed by atoms with Gasteiger partial charge < -0.3 is 14.8 Å². The van der Waals surface area contributed by atoms with Crippen LogP contribution in [0.15, 0.2) is 18.2 Å². The predicted molar refractivity (Wildman–Crippen MR) is 65.3 cm³/mol. The number of alkyl halides is 3. The quantitative estimate of drug-likeness (QED) is 0.906. The van der Waals surface area contributed by atoms with Gasteiger partial charge in [-0.3, -0.25) is 4.79 Å². The zero-order chi connectivity index (χ0) is 15.5. The Bertz CT molecular complexity index is 575. The molecule has 1 aliphatic heterocycles. The summed E-state index contributed by atoms with van der Waals surface area (Å²) in [5.74, 6) is -0.564. The second-order valence-corrected chi connectivity index (χ2v) is 4.29. The predicted octanol–water partition coefficient (Wildman–Crippen LogP) is 1.93. The molecule has 0 radical (unpaired) electrons. The number of carbonyl (C=O) groups excluding carboxylic acids is 1. The highest BCUT2D eigenvalue weighted by atomic mass is 19.4. The van der Waals surface area contributed by atoms with Gasteiger partial charge in [-0.25, -0.2) is 0 Å². The Morgan fingerprint density at radius 3 is 2.71 bits per heavy atom. The van der Waals surface area contributed by atoms with Crippen molar-refractivity contribution in [2.24, 2.45) is 0 Å². The molecule has 1 fully saturated rings. The zero-order valence-corrected chi connectivity index (χ0v) is 10.7. The second kappa shape index (κ2) is 6.11. The third kappa shape index (κ3) is 3.71. The van der Waals surface area contributed by atoms with Crippen molar-refractivity contribution in [2.45, 2.75) is 12.3 Å². The molecule has 1 N–H and O–H groups in total. The molecule has 8 heteroatoms. The van der Waals surface area contributed by atoms with Gasteiger partial charge in [-0.2, -0.15) is 18.4 Å². The molecule has 1 aromatic carbocycles. The monoisotopic (exact) mass is 300 g/mol. The lowest BCUT2D eigenvalue weighted by Crippen LogP contribution is -2.39. The van der Waals surface area contributed by atoms with Crippen LogP contribution in [-0.4, -0.2) is 31.8 Å². The number of benzene rings is 1. The summed E-state index contributed by atoms with van der Waals surface area (Å²) in [4.78, 5) is 11.9. The molecule has 1 saturated heterocycles. The molecule has 1 unspecified atom stereocenters. The third-order valence-corrected chi connectivity index (χ3v) is 2.83. The van der Waals surface area contributed by atoms with E-state index in [0.717, 1.165) is 12.1 Å². The van der Waals surface area contributed by atoms with Gasteiger partial charge in [0.05, 0.1) is 36.6 Å². The minimum atomic E-state index is -4.55. The van der Waals surface area contributed by atoms with E-state index in [1.807, 2.05) is 0 Å². The van der Waals surface area contributed by atoms with E-state index in [-0.39, 0.29) is 24.5 Å². The van der Waals surface area contributed by atoms with Crippen molar-refractivity contribution in [1.82, 2.24) is 0 Å². The Morgan fingerprint density at radius 2 is 2.14 bits per heavy atom. The number of nitrogens with zero attached hydrogens (tertiary/aromatic N) is 1. The summed E-state index contributed by atoms with van der Waals surface area (Å²) in [5, 5.41) is 11.3. The van der Waals surface area contributed by atoms with E-state index in [2.05, 4.69) is 5.32 Å². The van der Waals surface area contributed by atoms with Crippen LogP contribution in [0.1, 0.15) is 11.1 Å². The molecular formula is C13H11F3N2O3. The van der Waals surface area contributed by atoms with E-state index < -0.39 is 23.8 Å². The van der Waals surface area contributed by atoms with Crippen molar-refractivity contribution in [3.05, 3.63) is 29.3 Å². The molecule has 0 aliphatic carbocycles. The van der Waals surface area contributed by atoms with E-state index >= 15 is 0 Å². The standard InChI is InChI=1S/C13H11F3N2O3/c14-13(15,16)9-1-2-10(8(5-9)6-17)18-12(19)11-7-20-3-4-21-11/h1-2,5,11H,3-4,7H2,(H,18,19). The summed E-state index contributed by atoms with van der Waals surface area (Å²) in [5.41, 5.74) is -1.21. The van der Waals surface area contributed by atoms with Gasteiger partial charge in [0.25, 0.3) is 5.91 Å². The lowest BCUT2D eigenvalue weighted by Gasteiger charge is -2.22. The van der Waals surface area contributed by atoms with Crippen molar-refractivity contribution in [3.8, 4) is 6.07 Å². The smallest absolute Gasteiger partial charge is 0.376 e. The van der Waals surface area contributed by atoms with Gasteiger partial charge in [0.1, 0.15) is 6.07 Å². The van der Waals surface area contributed by atoms with Crippen LogP contribution < -0.4 is 5.32 Å². The second-order valence-electron chi connectivity index (χ2n) is 4.29. The maximum Gasteiger partial charge on any atom is 0.416 e. The average Bonchev–Trinajstić information content (AvgIpc) is 2.47. The first-order chi connectivity index (χ1) is 9.91. The van der Waals surface area contributed by atoms with Crippen LogP contribution in [0.2, 0.25) is 0 Å². The molecule has 0 spiro atoms. The average molecular weight is 300 g/mol. The largest absolute Gasteiger partial charge is 0.416 e. The fourth-order valence-corrected chi connectivity index (χ4v) is 1.77. The normalized spacial score (nSPS) is 18.9. The van der Waals surface area contributed by atoms with Crippen molar-refractivity contribution in [1.29, 1.82) is 5.26 Å². The number of hydrogen-bond donors (Lipinski definition) is 1. The van der Waals surface area contributed by atoms with Crippen molar-refractivity contribution >= 4 is 11.6 Å². The fraction of sp³-hybridized carbons (Fsp3) is 0.385. The van der Waals surface area contributed by atoms with Gasteiger partial charge in [0.2, 0.25) is 0 Å². The first kappa shape index (κ1) is 15.3. The summed E-state index contributed by atoms with van der Waals surface area (Å²) in [6, 6.07) is 4.16. The third-order valence-electron chi connectivity index (χ3n) is 2.83. The molecule has 1 amide bonds. The molecule has 0 bridgehead atoms. The Labute approximate surface area is 118 Å². The summed E-state index contributed by atoms with van der Waals surface area (Å²) in [6.45, 7) is 0.706. The number of anilines is 1.